The van der Waals surface area contributed by atoms with Gasteiger partial charge in [0.15, 0.2) is 23.3 Å². The Kier molecular flexibility index (Phi) is 7.70. The van der Waals surface area contributed by atoms with Crippen LogP contribution >= 0.6 is 0 Å². The quantitative estimate of drug-likeness (QED) is 0.168. The highest BCUT2D eigenvalue weighted by Crippen LogP contribution is 2.46. The van der Waals surface area contributed by atoms with Crippen LogP contribution in [-0.2, 0) is 6.42 Å². The number of anilines is 3. The molecule has 1 aliphatic rings. The van der Waals surface area contributed by atoms with Crippen LogP contribution in [-0.4, -0.2) is 34.5 Å². The Morgan fingerprint density at radius 2 is 0.789 bits per heavy atom. The third kappa shape index (κ3) is 5.70. The minimum absolute atomic E-state index is 0.537. The van der Waals surface area contributed by atoms with Crippen LogP contribution in [0.15, 0.2) is 182 Å². The van der Waals surface area contributed by atoms with Gasteiger partial charge in [-0.3, -0.25) is 9.47 Å². The topological polar surface area (TPSA) is 85.5 Å². The predicted molar refractivity (Wildman–Crippen MR) is 227 cm³/mol. The molecule has 3 aromatic heterocycles. The van der Waals surface area contributed by atoms with Crippen LogP contribution in [0.5, 0.6) is 0 Å². The summed E-state index contributed by atoms with van der Waals surface area (Å²) in [5.41, 5.74) is 9.98. The summed E-state index contributed by atoms with van der Waals surface area (Å²) >= 11 is 0. The standard InChI is InChI=1S/C49H32N8/c1-5-17-32(18-6-1)44-50-45(33-19-7-2-8-20-33)53-48(52-44)56-40-27-15-13-25-36(40)29-37-30-39-38-26-14-16-28-41(38)57(43(39)31-42(37)56)49-54-46(34-21-9-3-10-22-34)51-47(55-49)35-23-11-4-12-24-35/h1-28,30-31H,29H2. The van der Waals surface area contributed by atoms with E-state index in [2.05, 4.69) is 70.1 Å². The average Bonchev–Trinajstić information content (AvgIpc) is 3.61. The van der Waals surface area contributed by atoms with Crippen molar-refractivity contribution in [1.29, 1.82) is 0 Å². The molecule has 11 rings (SSSR count). The van der Waals surface area contributed by atoms with Crippen molar-refractivity contribution in [1.82, 2.24) is 34.5 Å². The van der Waals surface area contributed by atoms with Crippen LogP contribution in [0.4, 0.5) is 17.3 Å². The third-order valence-electron chi connectivity index (χ3n) is 10.5. The predicted octanol–water partition coefficient (Wildman–Crippen LogP) is 11.2. The number of hydrogen-bond donors (Lipinski definition) is 0. The van der Waals surface area contributed by atoms with E-state index in [0.717, 1.165) is 67.4 Å². The second-order valence-corrected chi connectivity index (χ2v) is 14.0. The highest BCUT2D eigenvalue weighted by molar-refractivity contribution is 6.11. The van der Waals surface area contributed by atoms with E-state index in [1.54, 1.807) is 0 Å². The molecule has 0 amide bonds. The van der Waals surface area contributed by atoms with Crippen LogP contribution in [0, 0.1) is 0 Å². The molecule has 7 aromatic carbocycles. The van der Waals surface area contributed by atoms with Crippen LogP contribution in [0.1, 0.15) is 11.1 Å². The lowest BCUT2D eigenvalue weighted by molar-refractivity contribution is 0.951. The monoisotopic (exact) mass is 732 g/mol. The molecule has 0 radical (unpaired) electrons. The zero-order chi connectivity index (χ0) is 37.7. The third-order valence-corrected chi connectivity index (χ3v) is 10.5. The lowest BCUT2D eigenvalue weighted by Gasteiger charge is -2.32. The van der Waals surface area contributed by atoms with Gasteiger partial charge in [-0.2, -0.15) is 19.9 Å². The van der Waals surface area contributed by atoms with E-state index in [1.807, 2.05) is 121 Å². The molecule has 268 valence electrons. The van der Waals surface area contributed by atoms with Crippen molar-refractivity contribution in [2.75, 3.05) is 4.90 Å². The first-order valence-corrected chi connectivity index (χ1v) is 18.9. The molecule has 0 atom stereocenters. The molecule has 0 saturated carbocycles. The van der Waals surface area contributed by atoms with Gasteiger partial charge < -0.3 is 0 Å². The van der Waals surface area contributed by atoms with Crippen molar-refractivity contribution in [3.8, 4) is 51.5 Å². The van der Waals surface area contributed by atoms with E-state index < -0.39 is 0 Å². The van der Waals surface area contributed by atoms with Crippen LogP contribution < -0.4 is 4.90 Å². The van der Waals surface area contributed by atoms with Gasteiger partial charge in [0.1, 0.15) is 0 Å². The van der Waals surface area contributed by atoms with Crippen molar-refractivity contribution >= 4 is 39.1 Å². The number of nitrogens with zero attached hydrogens (tertiary/aromatic N) is 8. The first-order chi connectivity index (χ1) is 28.2. The summed E-state index contributed by atoms with van der Waals surface area (Å²) in [7, 11) is 0. The number of para-hydroxylation sites is 2. The van der Waals surface area contributed by atoms with Crippen molar-refractivity contribution < 1.29 is 0 Å². The van der Waals surface area contributed by atoms with Gasteiger partial charge in [0.05, 0.1) is 22.4 Å². The fraction of sp³-hybridized carbons (Fsp3) is 0.0204. The summed E-state index contributed by atoms with van der Waals surface area (Å²) < 4.78 is 2.17. The van der Waals surface area contributed by atoms with E-state index in [9.17, 15) is 0 Å². The van der Waals surface area contributed by atoms with Gasteiger partial charge in [-0.25, -0.2) is 9.97 Å². The van der Waals surface area contributed by atoms with Gasteiger partial charge in [-0.05, 0) is 35.4 Å². The van der Waals surface area contributed by atoms with E-state index in [-0.39, 0.29) is 0 Å². The summed E-state index contributed by atoms with van der Waals surface area (Å²) in [4.78, 5) is 33.0. The summed E-state index contributed by atoms with van der Waals surface area (Å²) in [6.07, 6.45) is 0.752. The minimum Gasteiger partial charge on any atom is -0.278 e. The molecule has 4 heterocycles. The van der Waals surface area contributed by atoms with Crippen LogP contribution in [0.25, 0.3) is 73.3 Å². The zero-order valence-corrected chi connectivity index (χ0v) is 30.6. The highest BCUT2D eigenvalue weighted by Gasteiger charge is 2.29. The fourth-order valence-corrected chi connectivity index (χ4v) is 7.84. The molecule has 0 aliphatic carbocycles. The van der Waals surface area contributed by atoms with Gasteiger partial charge in [0, 0.05) is 39.4 Å². The molecule has 0 spiro atoms. The van der Waals surface area contributed by atoms with Crippen LogP contribution in [0.2, 0.25) is 0 Å². The normalized spacial score (nSPS) is 12.1. The molecule has 0 saturated heterocycles. The molecule has 57 heavy (non-hydrogen) atoms. The smallest absolute Gasteiger partial charge is 0.238 e. The number of aromatic nitrogens is 7. The summed E-state index contributed by atoms with van der Waals surface area (Å²) in [6.45, 7) is 0. The second-order valence-electron chi connectivity index (χ2n) is 14.0. The Balaban J connectivity index is 1.19. The SMILES string of the molecule is c1ccc(-c2nc(-c3ccccc3)nc(N3c4ccccc4Cc4cc5c6ccccc6n(-c6nc(-c7ccccc7)nc(-c7ccccc7)n6)c5cc43)n2)cc1. The zero-order valence-electron chi connectivity index (χ0n) is 30.6. The maximum Gasteiger partial charge on any atom is 0.238 e. The van der Waals surface area contributed by atoms with E-state index in [4.69, 9.17) is 29.9 Å². The fourth-order valence-electron chi connectivity index (χ4n) is 7.84. The van der Waals surface area contributed by atoms with Gasteiger partial charge in [-0.1, -0.05) is 158 Å². The summed E-state index contributed by atoms with van der Waals surface area (Å²) in [5, 5.41) is 2.22. The van der Waals surface area contributed by atoms with Gasteiger partial charge >= 0.3 is 0 Å². The lowest BCUT2D eigenvalue weighted by atomic mass is 9.94. The molecule has 0 bridgehead atoms. The largest absolute Gasteiger partial charge is 0.278 e. The maximum absolute atomic E-state index is 5.21. The maximum atomic E-state index is 5.21. The summed E-state index contributed by atoms with van der Waals surface area (Å²) in [5.74, 6) is 3.49. The Labute approximate surface area is 328 Å². The summed E-state index contributed by atoms with van der Waals surface area (Å²) in [6, 6.07) is 61.9. The number of fused-ring (bicyclic) bond motifs is 5. The molecule has 10 aromatic rings. The first-order valence-electron chi connectivity index (χ1n) is 18.9. The Bertz CT molecular complexity index is 2980. The van der Waals surface area contributed by atoms with Gasteiger partial charge in [0.2, 0.25) is 11.9 Å². The molecular weight excluding hydrogens is 701 g/mol. The molecule has 0 N–H and O–H groups in total. The van der Waals surface area contributed by atoms with E-state index >= 15 is 0 Å². The number of rotatable bonds is 6. The van der Waals surface area contributed by atoms with Crippen molar-refractivity contribution in [2.45, 2.75) is 6.42 Å². The van der Waals surface area contributed by atoms with Crippen LogP contribution in [0.3, 0.4) is 0 Å². The molecule has 8 heteroatoms. The molecule has 8 nitrogen and oxygen atoms in total. The second kappa shape index (κ2) is 13.5. The van der Waals surface area contributed by atoms with Gasteiger partial charge in [-0.15, -0.1) is 0 Å². The van der Waals surface area contributed by atoms with E-state index in [1.165, 1.54) is 5.56 Å². The Morgan fingerprint density at radius 1 is 0.333 bits per heavy atom. The number of benzene rings is 7. The van der Waals surface area contributed by atoms with Crippen molar-refractivity contribution in [3.63, 3.8) is 0 Å². The molecule has 0 fully saturated rings. The van der Waals surface area contributed by atoms with Gasteiger partial charge in [0.25, 0.3) is 0 Å². The minimum atomic E-state index is 0.537. The van der Waals surface area contributed by atoms with E-state index in [0.29, 0.717) is 35.2 Å². The average molecular weight is 733 g/mol. The Hall–Kier alpha value is -7.84. The molecular formula is C49H32N8. The highest BCUT2D eigenvalue weighted by atomic mass is 15.3. The lowest BCUT2D eigenvalue weighted by Crippen LogP contribution is -2.21. The first kappa shape index (κ1) is 32.6. The Morgan fingerprint density at radius 3 is 1.33 bits per heavy atom. The van der Waals surface area contributed by atoms with Crippen molar-refractivity contribution in [3.05, 3.63) is 193 Å². The molecule has 1 aliphatic heterocycles. The number of hydrogen-bond acceptors (Lipinski definition) is 7. The van der Waals surface area contributed by atoms with Crippen molar-refractivity contribution in [2.24, 2.45) is 0 Å². The molecule has 0 unspecified atom stereocenters.